The maximum atomic E-state index is 8.81. The van der Waals surface area contributed by atoms with Crippen molar-refractivity contribution in [2.24, 2.45) is 0 Å². The first-order valence-electron chi connectivity index (χ1n) is 4.46. The average molecular weight is 199 g/mol. The fourth-order valence-electron chi connectivity index (χ4n) is 1.22. The number of nitriles is 1. The van der Waals surface area contributed by atoms with Crippen LogP contribution in [0, 0.1) is 25.2 Å². The van der Waals surface area contributed by atoms with Crippen LogP contribution in [0.2, 0.25) is 0 Å². The maximum Gasteiger partial charge on any atom is 0.218 e. The molecule has 2 aromatic rings. The van der Waals surface area contributed by atoms with Crippen molar-refractivity contribution in [2.75, 3.05) is 0 Å². The molecule has 0 aliphatic rings. The molecule has 0 radical (unpaired) electrons. The molecular weight excluding hydrogens is 190 g/mol. The highest BCUT2D eigenvalue weighted by Gasteiger charge is 2.06. The van der Waals surface area contributed by atoms with Crippen LogP contribution in [0.25, 0.3) is 5.82 Å². The predicted molar refractivity (Wildman–Crippen MR) is 53.3 cm³/mol. The van der Waals surface area contributed by atoms with Gasteiger partial charge in [0.05, 0.1) is 17.6 Å². The molecular formula is C10H9N5. The summed E-state index contributed by atoms with van der Waals surface area (Å²) in [4.78, 5) is 12.4. The number of aromatic nitrogens is 4. The van der Waals surface area contributed by atoms with Gasteiger partial charge in [0, 0.05) is 12.4 Å². The third-order valence-electron chi connectivity index (χ3n) is 2.17. The van der Waals surface area contributed by atoms with Crippen molar-refractivity contribution < 1.29 is 0 Å². The second-order valence-electron chi connectivity index (χ2n) is 3.13. The molecule has 2 aromatic heterocycles. The van der Waals surface area contributed by atoms with E-state index >= 15 is 0 Å². The zero-order valence-corrected chi connectivity index (χ0v) is 8.47. The van der Waals surface area contributed by atoms with Crippen LogP contribution in [0.5, 0.6) is 0 Å². The van der Waals surface area contributed by atoms with E-state index in [2.05, 4.69) is 15.0 Å². The van der Waals surface area contributed by atoms with E-state index in [9.17, 15) is 0 Å². The Morgan fingerprint density at radius 2 is 2.07 bits per heavy atom. The molecule has 0 atom stereocenters. The standard InChI is InChI=1S/C10H9N5/c1-7-8(2)14-10(6-13-7)15-4-3-12-9(15)5-11/h3-4,6H,1-2H3. The fraction of sp³-hybridized carbons (Fsp3) is 0.200. The molecule has 0 saturated heterocycles. The summed E-state index contributed by atoms with van der Waals surface area (Å²) in [6.45, 7) is 3.78. The van der Waals surface area contributed by atoms with E-state index in [1.54, 1.807) is 23.2 Å². The highest BCUT2D eigenvalue weighted by atomic mass is 15.1. The minimum absolute atomic E-state index is 0.313. The van der Waals surface area contributed by atoms with Crippen LogP contribution < -0.4 is 0 Å². The predicted octanol–water partition coefficient (Wildman–Crippen LogP) is 1.15. The molecule has 0 aliphatic carbocycles. The maximum absolute atomic E-state index is 8.81. The quantitative estimate of drug-likeness (QED) is 0.691. The van der Waals surface area contributed by atoms with Gasteiger partial charge in [-0.05, 0) is 13.8 Å². The number of hydrogen-bond acceptors (Lipinski definition) is 4. The molecule has 5 nitrogen and oxygen atoms in total. The van der Waals surface area contributed by atoms with Crippen molar-refractivity contribution >= 4 is 0 Å². The van der Waals surface area contributed by atoms with Gasteiger partial charge in [0.25, 0.3) is 0 Å². The van der Waals surface area contributed by atoms with Crippen LogP contribution >= 0.6 is 0 Å². The molecule has 0 bridgehead atoms. The summed E-state index contributed by atoms with van der Waals surface area (Å²) in [5, 5.41) is 8.81. The summed E-state index contributed by atoms with van der Waals surface area (Å²) in [6.07, 6.45) is 4.89. The lowest BCUT2D eigenvalue weighted by Crippen LogP contribution is -2.03. The Bertz CT molecular complexity index is 535. The molecule has 0 N–H and O–H groups in total. The van der Waals surface area contributed by atoms with Gasteiger partial charge in [-0.3, -0.25) is 9.55 Å². The van der Waals surface area contributed by atoms with Crippen molar-refractivity contribution in [3.8, 4) is 11.9 Å². The molecule has 0 spiro atoms. The molecule has 15 heavy (non-hydrogen) atoms. The van der Waals surface area contributed by atoms with Crippen LogP contribution in [0.1, 0.15) is 17.2 Å². The Morgan fingerprint density at radius 1 is 1.27 bits per heavy atom. The zero-order valence-electron chi connectivity index (χ0n) is 8.47. The first kappa shape index (κ1) is 9.34. The Labute approximate surface area is 87.1 Å². The number of aryl methyl sites for hydroxylation is 2. The lowest BCUT2D eigenvalue weighted by molar-refractivity contribution is 0.915. The first-order valence-corrected chi connectivity index (χ1v) is 4.46. The number of rotatable bonds is 1. The van der Waals surface area contributed by atoms with Crippen molar-refractivity contribution in [1.29, 1.82) is 5.26 Å². The summed E-state index contributed by atoms with van der Waals surface area (Å²) >= 11 is 0. The molecule has 0 aromatic carbocycles. The number of imidazole rings is 1. The smallest absolute Gasteiger partial charge is 0.218 e. The largest absolute Gasteiger partial charge is 0.274 e. The Kier molecular flexibility index (Phi) is 2.18. The Balaban J connectivity index is 2.56. The van der Waals surface area contributed by atoms with Gasteiger partial charge in [0.1, 0.15) is 6.07 Å². The first-order chi connectivity index (χ1) is 7.22. The summed E-state index contributed by atoms with van der Waals surface area (Å²) in [5.41, 5.74) is 1.74. The van der Waals surface area contributed by atoms with E-state index < -0.39 is 0 Å². The number of hydrogen-bond donors (Lipinski definition) is 0. The summed E-state index contributed by atoms with van der Waals surface area (Å²) in [5.74, 6) is 0.930. The van der Waals surface area contributed by atoms with E-state index in [1.165, 1.54) is 0 Å². The van der Waals surface area contributed by atoms with E-state index in [-0.39, 0.29) is 0 Å². The second kappa shape index (κ2) is 3.50. The van der Waals surface area contributed by atoms with Crippen LogP contribution in [0.15, 0.2) is 18.6 Å². The third kappa shape index (κ3) is 1.57. The minimum Gasteiger partial charge on any atom is -0.274 e. The molecule has 2 heterocycles. The third-order valence-corrected chi connectivity index (χ3v) is 2.17. The Hall–Kier alpha value is -2.22. The second-order valence-corrected chi connectivity index (χ2v) is 3.13. The minimum atomic E-state index is 0.313. The van der Waals surface area contributed by atoms with Crippen molar-refractivity contribution in [2.45, 2.75) is 13.8 Å². The van der Waals surface area contributed by atoms with Crippen molar-refractivity contribution in [3.05, 3.63) is 35.8 Å². The van der Waals surface area contributed by atoms with Gasteiger partial charge < -0.3 is 0 Å². The van der Waals surface area contributed by atoms with Crippen molar-refractivity contribution in [3.63, 3.8) is 0 Å². The molecule has 0 amide bonds. The molecule has 2 rings (SSSR count). The molecule has 0 fully saturated rings. The van der Waals surface area contributed by atoms with E-state index in [4.69, 9.17) is 5.26 Å². The lowest BCUT2D eigenvalue weighted by Gasteiger charge is -2.04. The van der Waals surface area contributed by atoms with Crippen LogP contribution in [-0.4, -0.2) is 19.5 Å². The summed E-state index contributed by atoms with van der Waals surface area (Å²) < 4.78 is 1.61. The summed E-state index contributed by atoms with van der Waals surface area (Å²) in [6, 6.07) is 1.99. The molecule has 0 saturated carbocycles. The number of nitrogens with zero attached hydrogens (tertiary/aromatic N) is 5. The normalized spacial score (nSPS) is 9.93. The van der Waals surface area contributed by atoms with E-state index in [0.717, 1.165) is 11.4 Å². The molecule has 0 aliphatic heterocycles. The monoisotopic (exact) mass is 199 g/mol. The van der Waals surface area contributed by atoms with Crippen LogP contribution in [-0.2, 0) is 0 Å². The van der Waals surface area contributed by atoms with Gasteiger partial charge in [-0.1, -0.05) is 0 Å². The van der Waals surface area contributed by atoms with Gasteiger partial charge in [-0.2, -0.15) is 5.26 Å². The lowest BCUT2D eigenvalue weighted by atomic mass is 10.3. The fourth-order valence-corrected chi connectivity index (χ4v) is 1.22. The zero-order chi connectivity index (χ0) is 10.8. The van der Waals surface area contributed by atoms with E-state index in [1.807, 2.05) is 19.9 Å². The van der Waals surface area contributed by atoms with Crippen LogP contribution in [0.3, 0.4) is 0 Å². The van der Waals surface area contributed by atoms with Gasteiger partial charge in [-0.15, -0.1) is 0 Å². The molecule has 5 heteroatoms. The van der Waals surface area contributed by atoms with Crippen molar-refractivity contribution in [1.82, 2.24) is 19.5 Å². The van der Waals surface area contributed by atoms with Gasteiger partial charge in [0.2, 0.25) is 5.82 Å². The van der Waals surface area contributed by atoms with Gasteiger partial charge >= 0.3 is 0 Å². The summed E-state index contributed by atoms with van der Waals surface area (Å²) in [7, 11) is 0. The highest BCUT2D eigenvalue weighted by Crippen LogP contribution is 2.08. The van der Waals surface area contributed by atoms with Gasteiger partial charge in [0.15, 0.2) is 5.82 Å². The topological polar surface area (TPSA) is 67.4 Å². The SMILES string of the molecule is Cc1ncc(-n2ccnc2C#N)nc1C. The molecule has 0 unspecified atom stereocenters. The van der Waals surface area contributed by atoms with Gasteiger partial charge in [-0.25, -0.2) is 9.97 Å². The average Bonchev–Trinajstić information content (AvgIpc) is 2.70. The van der Waals surface area contributed by atoms with Crippen LogP contribution in [0.4, 0.5) is 0 Å². The molecule has 74 valence electrons. The highest BCUT2D eigenvalue weighted by molar-refractivity contribution is 5.28. The van der Waals surface area contributed by atoms with E-state index in [0.29, 0.717) is 11.6 Å². The Morgan fingerprint density at radius 3 is 2.73 bits per heavy atom.